The van der Waals surface area contributed by atoms with Gasteiger partial charge < -0.3 is 19.5 Å². The predicted molar refractivity (Wildman–Crippen MR) is 65.0 cm³/mol. The van der Waals surface area contributed by atoms with Crippen molar-refractivity contribution in [2.75, 3.05) is 37.8 Å². The van der Waals surface area contributed by atoms with Crippen molar-refractivity contribution in [2.24, 2.45) is 0 Å². The van der Waals surface area contributed by atoms with E-state index >= 15 is 0 Å². The number of ether oxygens (including phenoxy) is 2. The van der Waals surface area contributed by atoms with E-state index in [0.29, 0.717) is 32.3 Å². The Hall–Kier alpha value is -1.18. The van der Waals surface area contributed by atoms with Gasteiger partial charge in [0.2, 0.25) is 11.2 Å². The molecule has 0 aliphatic carbocycles. The highest BCUT2D eigenvalue weighted by Gasteiger charge is 2.22. The molecule has 1 aliphatic heterocycles. The van der Waals surface area contributed by atoms with Crippen LogP contribution in [0.5, 0.6) is 6.01 Å². The van der Waals surface area contributed by atoms with Crippen LogP contribution in [0, 0.1) is 0 Å². The van der Waals surface area contributed by atoms with Gasteiger partial charge in [-0.1, -0.05) is 0 Å². The molecule has 1 aliphatic rings. The Morgan fingerprint density at radius 2 is 2.33 bits per heavy atom. The molecule has 1 atom stereocenters. The Morgan fingerprint density at radius 1 is 1.50 bits per heavy atom. The fourth-order valence-corrected chi connectivity index (χ4v) is 1.82. The van der Waals surface area contributed by atoms with E-state index in [1.165, 1.54) is 0 Å². The highest BCUT2D eigenvalue weighted by molar-refractivity contribution is 6.28. The molecule has 0 aromatic carbocycles. The molecule has 1 aromatic heterocycles. The van der Waals surface area contributed by atoms with Crippen molar-refractivity contribution >= 4 is 17.5 Å². The van der Waals surface area contributed by atoms with Gasteiger partial charge in [-0.05, 0) is 18.5 Å². The van der Waals surface area contributed by atoms with Gasteiger partial charge >= 0.3 is 6.01 Å². The summed E-state index contributed by atoms with van der Waals surface area (Å²) in [6.07, 6.45) is -0.232. The number of morpholine rings is 1. The molecular weight excluding hydrogens is 260 g/mol. The van der Waals surface area contributed by atoms with Crippen molar-refractivity contribution in [3.05, 3.63) is 5.28 Å². The summed E-state index contributed by atoms with van der Waals surface area (Å²) in [6.45, 7) is 3.94. The van der Waals surface area contributed by atoms with Gasteiger partial charge in [0.15, 0.2) is 0 Å². The molecule has 0 bridgehead atoms. The highest BCUT2D eigenvalue weighted by atomic mass is 35.5. The van der Waals surface area contributed by atoms with Gasteiger partial charge in [0.25, 0.3) is 0 Å². The van der Waals surface area contributed by atoms with Crippen molar-refractivity contribution in [3.8, 4) is 6.01 Å². The van der Waals surface area contributed by atoms with E-state index < -0.39 is 0 Å². The van der Waals surface area contributed by atoms with E-state index in [-0.39, 0.29) is 24.0 Å². The quantitative estimate of drug-likeness (QED) is 0.835. The van der Waals surface area contributed by atoms with Gasteiger partial charge in [-0.15, -0.1) is 0 Å². The number of halogens is 1. The van der Waals surface area contributed by atoms with E-state index in [0.717, 1.165) is 0 Å². The van der Waals surface area contributed by atoms with Gasteiger partial charge in [0.1, 0.15) is 0 Å². The first-order chi connectivity index (χ1) is 8.72. The van der Waals surface area contributed by atoms with Crippen LogP contribution in [0.4, 0.5) is 5.95 Å². The Bertz CT molecular complexity index is 407. The standard InChI is InChI=1S/C10H15ClN4O3/c1-2-17-10-13-8(11)12-9(14-10)15-3-4-18-7(5-15)6-16/h7,16H,2-6H2,1H3. The molecule has 1 N–H and O–H groups in total. The van der Waals surface area contributed by atoms with Gasteiger partial charge in [-0.2, -0.15) is 15.0 Å². The van der Waals surface area contributed by atoms with Crippen molar-refractivity contribution in [2.45, 2.75) is 13.0 Å². The van der Waals surface area contributed by atoms with Crippen LogP contribution >= 0.6 is 11.6 Å². The van der Waals surface area contributed by atoms with Crippen LogP contribution in [-0.4, -0.2) is 59.1 Å². The predicted octanol–water partition coefficient (Wildman–Crippen LogP) is 0.121. The summed E-state index contributed by atoms with van der Waals surface area (Å²) in [4.78, 5) is 14.0. The summed E-state index contributed by atoms with van der Waals surface area (Å²) in [5.74, 6) is 0.445. The minimum absolute atomic E-state index is 0.0341. The zero-order chi connectivity index (χ0) is 13.0. The molecule has 2 rings (SSSR count). The lowest BCUT2D eigenvalue weighted by Gasteiger charge is -2.31. The lowest BCUT2D eigenvalue weighted by atomic mass is 10.3. The zero-order valence-corrected chi connectivity index (χ0v) is 10.8. The number of aliphatic hydroxyl groups is 1. The van der Waals surface area contributed by atoms with E-state index in [2.05, 4.69) is 15.0 Å². The molecule has 1 saturated heterocycles. The summed E-state index contributed by atoms with van der Waals surface area (Å²) in [5.41, 5.74) is 0. The normalized spacial score (nSPS) is 19.9. The van der Waals surface area contributed by atoms with E-state index in [4.69, 9.17) is 26.2 Å². The van der Waals surface area contributed by atoms with Crippen LogP contribution in [0.3, 0.4) is 0 Å². The number of hydrogen-bond acceptors (Lipinski definition) is 7. The first-order valence-corrected chi connectivity index (χ1v) is 6.12. The molecule has 0 spiro atoms. The molecule has 100 valence electrons. The summed E-state index contributed by atoms with van der Waals surface area (Å²) < 4.78 is 10.6. The number of aromatic nitrogens is 3. The lowest BCUT2D eigenvalue weighted by Crippen LogP contribution is -2.44. The van der Waals surface area contributed by atoms with Crippen LogP contribution in [0.1, 0.15) is 6.92 Å². The number of aliphatic hydroxyl groups excluding tert-OH is 1. The third kappa shape index (κ3) is 3.18. The average Bonchev–Trinajstić information content (AvgIpc) is 2.38. The number of rotatable bonds is 4. The van der Waals surface area contributed by atoms with Gasteiger partial charge in [0, 0.05) is 13.1 Å². The maximum atomic E-state index is 9.09. The number of nitrogens with zero attached hydrogens (tertiary/aromatic N) is 4. The monoisotopic (exact) mass is 274 g/mol. The summed E-state index contributed by atoms with van der Waals surface area (Å²) in [6, 6.07) is 0.208. The van der Waals surface area contributed by atoms with E-state index in [9.17, 15) is 0 Å². The van der Waals surface area contributed by atoms with Crippen LogP contribution in [-0.2, 0) is 4.74 Å². The Labute approximate surface area is 110 Å². The minimum atomic E-state index is -0.232. The minimum Gasteiger partial charge on any atom is -0.464 e. The van der Waals surface area contributed by atoms with Crippen molar-refractivity contribution < 1.29 is 14.6 Å². The Kier molecular flexibility index (Phi) is 4.51. The van der Waals surface area contributed by atoms with Crippen molar-refractivity contribution in [1.82, 2.24) is 15.0 Å². The topological polar surface area (TPSA) is 80.6 Å². The fourth-order valence-electron chi connectivity index (χ4n) is 1.67. The molecular formula is C10H15ClN4O3. The number of hydrogen-bond donors (Lipinski definition) is 1. The summed E-state index contributed by atoms with van der Waals surface area (Å²) in [5, 5.41) is 9.19. The zero-order valence-electron chi connectivity index (χ0n) is 10.0. The molecule has 1 aromatic rings. The van der Waals surface area contributed by atoms with Gasteiger partial charge in [-0.3, -0.25) is 0 Å². The second kappa shape index (κ2) is 6.12. The molecule has 2 heterocycles. The van der Waals surface area contributed by atoms with Crippen LogP contribution < -0.4 is 9.64 Å². The fraction of sp³-hybridized carbons (Fsp3) is 0.700. The van der Waals surface area contributed by atoms with Crippen molar-refractivity contribution in [3.63, 3.8) is 0 Å². The molecule has 0 radical (unpaired) electrons. The van der Waals surface area contributed by atoms with Crippen LogP contribution in [0.25, 0.3) is 0 Å². The first-order valence-electron chi connectivity index (χ1n) is 5.74. The molecule has 1 unspecified atom stereocenters. The largest absolute Gasteiger partial charge is 0.464 e. The maximum absolute atomic E-state index is 9.09. The average molecular weight is 275 g/mol. The lowest BCUT2D eigenvalue weighted by molar-refractivity contribution is 0.00309. The SMILES string of the molecule is CCOc1nc(Cl)nc(N2CCOC(CO)C2)n1. The van der Waals surface area contributed by atoms with Gasteiger partial charge in [-0.25, -0.2) is 0 Å². The molecule has 7 nitrogen and oxygen atoms in total. The molecule has 18 heavy (non-hydrogen) atoms. The van der Waals surface area contributed by atoms with E-state index in [1.807, 2.05) is 11.8 Å². The molecule has 0 saturated carbocycles. The third-order valence-electron chi connectivity index (χ3n) is 2.47. The highest BCUT2D eigenvalue weighted by Crippen LogP contribution is 2.17. The van der Waals surface area contributed by atoms with Crippen molar-refractivity contribution in [1.29, 1.82) is 0 Å². The summed E-state index contributed by atoms with van der Waals surface area (Å²) >= 11 is 5.83. The van der Waals surface area contributed by atoms with Gasteiger partial charge in [0.05, 0.1) is 25.9 Å². The number of anilines is 1. The maximum Gasteiger partial charge on any atom is 0.322 e. The molecule has 8 heteroatoms. The van der Waals surface area contributed by atoms with E-state index in [1.54, 1.807) is 0 Å². The third-order valence-corrected chi connectivity index (χ3v) is 2.64. The molecule has 0 amide bonds. The smallest absolute Gasteiger partial charge is 0.322 e. The first kappa shape index (κ1) is 13.3. The Morgan fingerprint density at radius 3 is 3.06 bits per heavy atom. The second-order valence-corrected chi connectivity index (χ2v) is 4.08. The molecule has 1 fully saturated rings. The Balaban J connectivity index is 2.16. The van der Waals surface area contributed by atoms with Crippen LogP contribution in [0.15, 0.2) is 0 Å². The second-order valence-electron chi connectivity index (χ2n) is 3.74. The summed E-state index contributed by atoms with van der Waals surface area (Å²) in [7, 11) is 0. The van der Waals surface area contributed by atoms with Crippen LogP contribution in [0.2, 0.25) is 5.28 Å².